The molecule has 0 aromatic carbocycles. The van der Waals surface area contributed by atoms with Gasteiger partial charge in [0.1, 0.15) is 12.2 Å². The molecule has 14 heteroatoms. The summed E-state index contributed by atoms with van der Waals surface area (Å²) in [6, 6.07) is 0. The molecule has 0 heterocycles. The Balaban J connectivity index is 0.0000140. The van der Waals surface area contributed by atoms with Crippen LogP contribution in [0.5, 0.6) is 0 Å². The van der Waals surface area contributed by atoms with Gasteiger partial charge >= 0.3 is 59.1 Å². The van der Waals surface area contributed by atoms with Crippen molar-refractivity contribution in [3.8, 4) is 11.8 Å². The maximum atomic E-state index is 11.2. The van der Waals surface area contributed by atoms with E-state index in [9.17, 15) is 36.2 Å². The Morgan fingerprint density at radius 2 is 1.07 bits per heavy atom. The van der Waals surface area contributed by atoms with Crippen LogP contribution in [0.2, 0.25) is 0 Å². The summed E-state index contributed by atoms with van der Waals surface area (Å²) in [5.74, 6) is 5.08. The van der Waals surface area contributed by atoms with Gasteiger partial charge in [-0.25, -0.2) is 16.8 Å². The summed E-state index contributed by atoms with van der Waals surface area (Å²) < 4.78 is 76.6. The maximum Gasteiger partial charge on any atom is 1.00 e. The minimum absolute atomic E-state index is 0. The summed E-state index contributed by atoms with van der Waals surface area (Å²) in [6.07, 6.45) is 19.6. The molecule has 2 saturated carbocycles. The van der Waals surface area contributed by atoms with Crippen molar-refractivity contribution in [2.45, 2.75) is 106 Å². The molecule has 0 bridgehead atoms. The van der Waals surface area contributed by atoms with E-state index in [4.69, 9.17) is 4.18 Å². The van der Waals surface area contributed by atoms with E-state index in [1.807, 2.05) is 128 Å². The van der Waals surface area contributed by atoms with Crippen molar-refractivity contribution in [2.24, 2.45) is 34.5 Å². The standard InChI is InChI=1S/C40H58O10S2.2Na/c1-27(17-13-19-29(3)21-23-33-31(5)37(49-51(43,44)45)35(41)25-39(33,7)8)15-11-12-16-28(2)18-14-20-30(4)22-24-34-32(6)38(50-52(46,47)48)36(42)26-40(34,9)10;;/h11-21,23,31-38,41-42H,25-26H2,1-10H3,(H,43,44,45)(H,46,47,48);;/q;2*+1/p-2/b12-11+,17-13+,18-14+,23-21+,27-15+,28-16+,29-19+,30-20+;;/t31-,32-,33-,34-,35-,36-,37+,38+;;/m1../s1. The third-order valence-corrected chi connectivity index (χ3v) is 10.7. The Kier molecular flexibility index (Phi) is 22.6. The van der Waals surface area contributed by atoms with E-state index < -0.39 is 56.5 Å². The van der Waals surface area contributed by atoms with Gasteiger partial charge in [-0.05, 0) is 68.8 Å². The van der Waals surface area contributed by atoms with Gasteiger partial charge in [0.05, 0.1) is 12.2 Å². The van der Waals surface area contributed by atoms with Crippen LogP contribution >= 0.6 is 0 Å². The van der Waals surface area contributed by atoms with Gasteiger partial charge in [-0.3, -0.25) is 8.37 Å². The fraction of sp³-hybridized carbons (Fsp3) is 0.550. The smallest absolute Gasteiger partial charge is 0.726 e. The molecule has 0 spiro atoms. The molecule has 2 rings (SSSR count). The number of allylic oxidation sites excluding steroid dienone is 16. The summed E-state index contributed by atoms with van der Waals surface area (Å²) in [6.45, 7) is 19.2. The summed E-state index contributed by atoms with van der Waals surface area (Å²) in [7, 11) is -9.90. The number of aliphatic hydroxyl groups excluding tert-OH is 2. The van der Waals surface area contributed by atoms with E-state index in [0.29, 0.717) is 6.42 Å². The van der Waals surface area contributed by atoms with Crippen molar-refractivity contribution in [1.29, 1.82) is 0 Å². The van der Waals surface area contributed by atoms with E-state index in [2.05, 4.69) is 16.0 Å². The second-order valence-electron chi connectivity index (χ2n) is 15.5. The minimum atomic E-state index is -4.96. The normalized spacial score (nSPS) is 30.0. The molecule has 0 amide bonds. The quantitative estimate of drug-likeness (QED) is 0.0945. The maximum absolute atomic E-state index is 11.2. The van der Waals surface area contributed by atoms with Gasteiger partial charge < -0.3 is 19.3 Å². The van der Waals surface area contributed by atoms with Gasteiger partial charge in [0, 0.05) is 11.8 Å². The molecular formula is C40H56Na2O10S2. The van der Waals surface area contributed by atoms with E-state index in [1.54, 1.807) is 13.8 Å². The molecule has 2 N–H and O–H groups in total. The van der Waals surface area contributed by atoms with Crippen LogP contribution in [-0.2, 0) is 29.2 Å². The van der Waals surface area contributed by atoms with E-state index in [1.165, 1.54) is 0 Å². The molecule has 2 fully saturated rings. The second kappa shape index (κ2) is 22.9. The molecule has 0 aromatic rings. The Morgan fingerprint density at radius 3 is 1.56 bits per heavy atom. The molecule has 2 aliphatic rings. The van der Waals surface area contributed by atoms with Gasteiger partial charge in [-0.15, -0.1) is 0 Å². The first kappa shape index (κ1) is 53.1. The zero-order chi connectivity index (χ0) is 39.7. The van der Waals surface area contributed by atoms with Crippen molar-refractivity contribution < 1.29 is 104 Å². The van der Waals surface area contributed by atoms with Crippen molar-refractivity contribution in [3.05, 3.63) is 95.2 Å². The van der Waals surface area contributed by atoms with Crippen LogP contribution < -0.4 is 59.1 Å². The van der Waals surface area contributed by atoms with Crippen molar-refractivity contribution in [1.82, 2.24) is 0 Å². The molecule has 2 aliphatic carbocycles. The fourth-order valence-corrected chi connectivity index (χ4v) is 8.35. The number of hydrogen-bond acceptors (Lipinski definition) is 10. The topological polar surface area (TPSA) is 173 Å². The Hall–Kier alpha value is -0.860. The molecule has 0 saturated heterocycles. The summed E-state index contributed by atoms with van der Waals surface area (Å²) in [4.78, 5) is 0. The third kappa shape index (κ3) is 18.2. The van der Waals surface area contributed by atoms with Crippen molar-refractivity contribution >= 4 is 20.8 Å². The monoisotopic (exact) mass is 806 g/mol. The predicted molar refractivity (Wildman–Crippen MR) is 203 cm³/mol. The molecule has 0 radical (unpaired) electrons. The van der Waals surface area contributed by atoms with Gasteiger partial charge in [0.25, 0.3) is 0 Å². The van der Waals surface area contributed by atoms with Crippen LogP contribution in [0.3, 0.4) is 0 Å². The van der Waals surface area contributed by atoms with Crippen LogP contribution in [0.4, 0.5) is 0 Å². The average molecular weight is 807 g/mol. The summed E-state index contributed by atoms with van der Waals surface area (Å²) >= 11 is 0. The van der Waals surface area contributed by atoms with Crippen LogP contribution in [0, 0.1) is 46.3 Å². The number of aliphatic hydroxyl groups is 2. The average Bonchev–Trinajstić information content (AvgIpc) is 2.97. The number of hydrogen-bond donors (Lipinski definition) is 2. The molecule has 290 valence electrons. The van der Waals surface area contributed by atoms with Gasteiger partial charge in [-0.2, -0.15) is 0 Å². The molecule has 54 heavy (non-hydrogen) atoms. The molecule has 8 atom stereocenters. The molecule has 10 nitrogen and oxygen atoms in total. The van der Waals surface area contributed by atoms with Gasteiger partial charge in [-0.1, -0.05) is 143 Å². The summed E-state index contributed by atoms with van der Waals surface area (Å²) in [5.41, 5.74) is 3.10. The first-order chi connectivity index (χ1) is 23.8. The minimum Gasteiger partial charge on any atom is -0.726 e. The fourth-order valence-electron chi connectivity index (χ4n) is 7.20. The van der Waals surface area contributed by atoms with E-state index in [-0.39, 0.29) is 88.7 Å². The first-order valence-electron chi connectivity index (χ1n) is 17.4. The van der Waals surface area contributed by atoms with Crippen molar-refractivity contribution in [3.63, 3.8) is 0 Å². The first-order valence-corrected chi connectivity index (χ1v) is 20.1. The molecule has 0 aromatic heterocycles. The second-order valence-corrected chi connectivity index (χ2v) is 17.5. The SMILES string of the molecule is C\C(C#C[C@@H]1[C@@H](C)[C@H](OS(=O)(=O)[O-])[C@H](O)CC1(C)C)=C/C=C/C(C)=C/C=C/C=C(C)/C=C/C=C(C)/C=C/[C@@H]1[C@@H](C)[C@H](OS(=O)(=O)[O-])[C@H](O)CC1(C)C.[Na+].[Na+]. The molecule has 0 unspecified atom stereocenters. The Morgan fingerprint density at radius 1 is 0.667 bits per heavy atom. The third-order valence-electron chi connectivity index (χ3n) is 9.80. The van der Waals surface area contributed by atoms with Crippen LogP contribution in [-0.4, -0.2) is 60.6 Å². The number of rotatable bonds is 12. The Bertz CT molecular complexity index is 1790. The van der Waals surface area contributed by atoms with E-state index >= 15 is 0 Å². The van der Waals surface area contributed by atoms with E-state index in [0.717, 1.165) is 22.3 Å². The zero-order valence-corrected chi connectivity index (χ0v) is 39.6. The van der Waals surface area contributed by atoms with Crippen LogP contribution in [0.25, 0.3) is 0 Å². The van der Waals surface area contributed by atoms with Gasteiger partial charge in [0.2, 0.25) is 20.8 Å². The Labute approximate surface area is 369 Å². The van der Waals surface area contributed by atoms with Crippen LogP contribution in [0.1, 0.15) is 82.1 Å². The molecule has 0 aliphatic heterocycles. The summed E-state index contributed by atoms with van der Waals surface area (Å²) in [5, 5.41) is 20.9. The van der Waals surface area contributed by atoms with Crippen LogP contribution in [0.15, 0.2) is 95.2 Å². The van der Waals surface area contributed by atoms with Crippen molar-refractivity contribution in [2.75, 3.05) is 0 Å². The van der Waals surface area contributed by atoms with Gasteiger partial charge in [0.15, 0.2) is 0 Å². The zero-order valence-electron chi connectivity index (χ0n) is 33.9. The molecular weight excluding hydrogens is 751 g/mol. The largest absolute Gasteiger partial charge is 1.00 e. The predicted octanol–water partition coefficient (Wildman–Crippen LogP) is 0.785.